The maximum atomic E-state index is 5.72. The fourth-order valence-electron chi connectivity index (χ4n) is 3.80. The van der Waals surface area contributed by atoms with Crippen LogP contribution in [0.15, 0.2) is 12.1 Å². The van der Waals surface area contributed by atoms with E-state index in [0.717, 1.165) is 25.3 Å². The van der Waals surface area contributed by atoms with Gasteiger partial charge in [-0.2, -0.15) is 0 Å². The highest BCUT2D eigenvalue weighted by atomic mass is 16.5. The molecular formula is C18H29N3O. The molecule has 0 amide bonds. The second-order valence-electron chi connectivity index (χ2n) is 7.09. The van der Waals surface area contributed by atoms with Gasteiger partial charge in [0.2, 0.25) is 0 Å². The third kappa shape index (κ3) is 2.43. The number of rotatable bonds is 2. The first-order valence-electron chi connectivity index (χ1n) is 8.33. The number of piperazine rings is 1. The van der Waals surface area contributed by atoms with Crippen molar-refractivity contribution in [3.05, 3.63) is 17.7 Å². The zero-order valence-electron chi connectivity index (χ0n) is 14.8. The maximum absolute atomic E-state index is 5.72. The lowest BCUT2D eigenvalue weighted by Crippen LogP contribution is -2.55. The molecule has 1 fully saturated rings. The van der Waals surface area contributed by atoms with Gasteiger partial charge in [-0.3, -0.25) is 4.90 Å². The van der Waals surface area contributed by atoms with Crippen LogP contribution in [0.1, 0.15) is 26.3 Å². The molecule has 3 unspecified atom stereocenters. The Hall–Kier alpha value is -1.42. The van der Waals surface area contributed by atoms with Crippen LogP contribution in [0.25, 0.3) is 0 Å². The Morgan fingerprint density at radius 1 is 0.955 bits per heavy atom. The predicted molar refractivity (Wildman–Crippen MR) is 93.5 cm³/mol. The summed E-state index contributed by atoms with van der Waals surface area (Å²) < 4.78 is 5.72. The lowest BCUT2D eigenvalue weighted by Gasteiger charge is -2.44. The average molecular weight is 303 g/mol. The molecule has 0 N–H and O–H groups in total. The number of methoxy groups -OCH3 is 1. The number of ether oxygens (including phenoxy) is 1. The van der Waals surface area contributed by atoms with Crippen LogP contribution in [0.3, 0.4) is 0 Å². The van der Waals surface area contributed by atoms with Crippen molar-refractivity contribution >= 4 is 11.4 Å². The van der Waals surface area contributed by atoms with Crippen LogP contribution in [0, 0.1) is 0 Å². The number of benzene rings is 1. The molecule has 2 aliphatic rings. The Bertz CT molecular complexity index is 548. The standard InChI is InChI=1S/C18H29N3O/c1-12-7-15-8-18(22-6)17(9-16(15)20(12)5)21-10-13(2)19(4)14(3)11-21/h8-9,12-14H,7,10-11H2,1-6H3. The first kappa shape index (κ1) is 15.5. The van der Waals surface area contributed by atoms with Crippen LogP contribution in [-0.2, 0) is 6.42 Å². The van der Waals surface area contributed by atoms with E-state index >= 15 is 0 Å². The summed E-state index contributed by atoms with van der Waals surface area (Å²) in [5.41, 5.74) is 4.02. The number of anilines is 2. The van der Waals surface area contributed by atoms with E-state index in [1.165, 1.54) is 16.9 Å². The molecule has 3 atom stereocenters. The molecule has 4 nitrogen and oxygen atoms in total. The molecule has 0 spiro atoms. The van der Waals surface area contributed by atoms with Crippen LogP contribution in [0.4, 0.5) is 11.4 Å². The van der Waals surface area contributed by atoms with Crippen molar-refractivity contribution in [2.75, 3.05) is 44.1 Å². The zero-order chi connectivity index (χ0) is 16.0. The summed E-state index contributed by atoms with van der Waals surface area (Å²) >= 11 is 0. The number of likely N-dealkylation sites (N-methyl/N-ethyl adjacent to an activating group) is 2. The van der Waals surface area contributed by atoms with Crippen molar-refractivity contribution in [2.24, 2.45) is 0 Å². The van der Waals surface area contributed by atoms with E-state index in [2.05, 4.69) is 61.7 Å². The van der Waals surface area contributed by atoms with Gasteiger partial charge in [0.15, 0.2) is 0 Å². The van der Waals surface area contributed by atoms with Gasteiger partial charge in [-0.25, -0.2) is 0 Å². The van der Waals surface area contributed by atoms with Gasteiger partial charge in [0.05, 0.1) is 12.8 Å². The molecule has 0 saturated carbocycles. The van der Waals surface area contributed by atoms with Crippen molar-refractivity contribution in [1.29, 1.82) is 0 Å². The van der Waals surface area contributed by atoms with E-state index in [1.54, 1.807) is 7.11 Å². The monoisotopic (exact) mass is 303 g/mol. The summed E-state index contributed by atoms with van der Waals surface area (Å²) in [5, 5.41) is 0. The molecule has 0 aromatic heterocycles. The molecule has 1 saturated heterocycles. The highest BCUT2D eigenvalue weighted by molar-refractivity contribution is 5.73. The second kappa shape index (κ2) is 5.65. The fraction of sp³-hybridized carbons (Fsp3) is 0.667. The summed E-state index contributed by atoms with van der Waals surface area (Å²) in [6, 6.07) is 6.26. The van der Waals surface area contributed by atoms with Gasteiger partial charge in [-0.05, 0) is 51.9 Å². The topological polar surface area (TPSA) is 19.0 Å². The van der Waals surface area contributed by atoms with Crippen LogP contribution in [-0.4, -0.2) is 57.3 Å². The summed E-state index contributed by atoms with van der Waals surface area (Å²) in [7, 11) is 6.21. The van der Waals surface area contributed by atoms with Crippen LogP contribution in [0.2, 0.25) is 0 Å². The SMILES string of the molecule is COc1cc2c(cc1N1CC(C)N(C)C(C)C1)N(C)C(C)C2. The molecule has 122 valence electrons. The molecule has 2 aliphatic heterocycles. The molecule has 0 aliphatic carbocycles. The van der Waals surface area contributed by atoms with Crippen molar-refractivity contribution in [3.63, 3.8) is 0 Å². The number of hydrogen-bond acceptors (Lipinski definition) is 4. The van der Waals surface area contributed by atoms with Gasteiger partial charge >= 0.3 is 0 Å². The Morgan fingerprint density at radius 3 is 2.18 bits per heavy atom. The van der Waals surface area contributed by atoms with Crippen molar-refractivity contribution in [2.45, 2.75) is 45.3 Å². The third-order valence-corrected chi connectivity index (χ3v) is 5.64. The first-order valence-corrected chi connectivity index (χ1v) is 8.33. The predicted octanol–water partition coefficient (Wildman–Crippen LogP) is 2.60. The molecule has 22 heavy (non-hydrogen) atoms. The molecule has 4 heteroatoms. The highest BCUT2D eigenvalue weighted by Gasteiger charge is 2.31. The summed E-state index contributed by atoms with van der Waals surface area (Å²) in [6.07, 6.45) is 1.11. The molecule has 2 heterocycles. The Labute approximate surface area is 134 Å². The summed E-state index contributed by atoms with van der Waals surface area (Å²) in [5.74, 6) is 1.02. The van der Waals surface area contributed by atoms with Gasteiger partial charge in [0.1, 0.15) is 5.75 Å². The maximum Gasteiger partial charge on any atom is 0.142 e. The van der Waals surface area contributed by atoms with E-state index < -0.39 is 0 Å². The summed E-state index contributed by atoms with van der Waals surface area (Å²) in [4.78, 5) is 7.34. The second-order valence-corrected chi connectivity index (χ2v) is 7.09. The van der Waals surface area contributed by atoms with Crippen molar-refractivity contribution in [1.82, 2.24) is 4.90 Å². The van der Waals surface area contributed by atoms with Crippen LogP contribution < -0.4 is 14.5 Å². The Kier molecular flexibility index (Phi) is 3.98. The normalized spacial score (nSPS) is 28.9. The number of fused-ring (bicyclic) bond motifs is 1. The molecule has 1 aromatic rings. The first-order chi connectivity index (χ1) is 10.4. The molecule has 3 rings (SSSR count). The lowest BCUT2D eigenvalue weighted by atomic mass is 10.1. The molecule has 1 aromatic carbocycles. The van der Waals surface area contributed by atoms with Gasteiger partial charge in [-0.15, -0.1) is 0 Å². The van der Waals surface area contributed by atoms with Crippen LogP contribution >= 0.6 is 0 Å². The molecule has 0 radical (unpaired) electrons. The quantitative estimate of drug-likeness (QED) is 0.836. The highest BCUT2D eigenvalue weighted by Crippen LogP contribution is 2.41. The minimum atomic E-state index is 0.554. The lowest BCUT2D eigenvalue weighted by molar-refractivity contribution is 0.169. The molecular weight excluding hydrogens is 274 g/mol. The van der Waals surface area contributed by atoms with Crippen molar-refractivity contribution in [3.8, 4) is 5.75 Å². The van der Waals surface area contributed by atoms with E-state index in [1.807, 2.05) is 0 Å². The zero-order valence-corrected chi connectivity index (χ0v) is 14.8. The molecule has 0 bridgehead atoms. The smallest absolute Gasteiger partial charge is 0.142 e. The van der Waals surface area contributed by atoms with Crippen molar-refractivity contribution < 1.29 is 4.74 Å². The van der Waals surface area contributed by atoms with E-state index in [-0.39, 0.29) is 0 Å². The van der Waals surface area contributed by atoms with Crippen LogP contribution in [0.5, 0.6) is 5.75 Å². The third-order valence-electron chi connectivity index (χ3n) is 5.64. The fourth-order valence-corrected chi connectivity index (χ4v) is 3.80. The largest absolute Gasteiger partial charge is 0.495 e. The van der Waals surface area contributed by atoms with Gasteiger partial charge in [0, 0.05) is 44.0 Å². The number of nitrogens with zero attached hydrogens (tertiary/aromatic N) is 3. The minimum absolute atomic E-state index is 0.554. The summed E-state index contributed by atoms with van der Waals surface area (Å²) in [6.45, 7) is 8.99. The van der Waals surface area contributed by atoms with Gasteiger partial charge < -0.3 is 14.5 Å². The van der Waals surface area contributed by atoms with Gasteiger partial charge in [-0.1, -0.05) is 0 Å². The van der Waals surface area contributed by atoms with E-state index in [9.17, 15) is 0 Å². The number of hydrogen-bond donors (Lipinski definition) is 0. The van der Waals surface area contributed by atoms with E-state index in [0.29, 0.717) is 18.1 Å². The minimum Gasteiger partial charge on any atom is -0.495 e. The van der Waals surface area contributed by atoms with Gasteiger partial charge in [0.25, 0.3) is 0 Å². The average Bonchev–Trinajstić information content (AvgIpc) is 2.77. The Morgan fingerprint density at radius 2 is 1.59 bits per heavy atom. The van der Waals surface area contributed by atoms with E-state index in [4.69, 9.17) is 4.74 Å². The Balaban J connectivity index is 1.97.